The van der Waals surface area contributed by atoms with Crippen LogP contribution in [0.1, 0.15) is 58.8 Å². The molecule has 1 nitrogen and oxygen atoms in total. The molecule has 4 aliphatic rings. The lowest BCUT2D eigenvalue weighted by Gasteiger charge is -2.59. The maximum atomic E-state index is 6.65. The van der Waals surface area contributed by atoms with E-state index in [0.717, 1.165) is 23.0 Å². The van der Waals surface area contributed by atoms with Crippen molar-refractivity contribution in [2.75, 3.05) is 5.75 Å². The van der Waals surface area contributed by atoms with Crippen LogP contribution >= 0.6 is 11.8 Å². The molecule has 0 aromatic carbocycles. The van der Waals surface area contributed by atoms with Crippen molar-refractivity contribution < 1.29 is 0 Å². The second-order valence-corrected chi connectivity index (χ2v) is 8.91. The summed E-state index contributed by atoms with van der Waals surface area (Å²) >= 11 is 2.11. The Labute approximate surface area is 117 Å². The molecule has 0 heterocycles. The molecule has 4 fully saturated rings. The minimum absolute atomic E-state index is 0.463. The van der Waals surface area contributed by atoms with Crippen molar-refractivity contribution >= 4 is 11.8 Å². The first-order chi connectivity index (χ1) is 8.61. The Balaban J connectivity index is 1.63. The fourth-order valence-electron chi connectivity index (χ4n) is 5.19. The van der Waals surface area contributed by atoms with Crippen molar-refractivity contribution in [1.82, 2.24) is 0 Å². The molecule has 0 aromatic rings. The first-order valence-corrected chi connectivity index (χ1v) is 9.03. The van der Waals surface area contributed by atoms with Crippen molar-refractivity contribution in [2.24, 2.45) is 28.9 Å². The highest BCUT2D eigenvalue weighted by Crippen LogP contribution is 2.61. The van der Waals surface area contributed by atoms with Crippen molar-refractivity contribution in [3.8, 4) is 0 Å². The molecule has 0 saturated heterocycles. The first-order valence-electron chi connectivity index (χ1n) is 7.98. The lowest BCUT2D eigenvalue weighted by atomic mass is 9.48. The van der Waals surface area contributed by atoms with Crippen molar-refractivity contribution in [3.05, 3.63) is 0 Å². The van der Waals surface area contributed by atoms with Crippen LogP contribution in [0.5, 0.6) is 0 Å². The summed E-state index contributed by atoms with van der Waals surface area (Å²) in [6, 6.07) is 0.463. The van der Waals surface area contributed by atoms with E-state index in [1.165, 1.54) is 50.7 Å². The van der Waals surface area contributed by atoms with Gasteiger partial charge in [-0.25, -0.2) is 0 Å². The fourth-order valence-corrected chi connectivity index (χ4v) is 6.32. The van der Waals surface area contributed by atoms with Gasteiger partial charge < -0.3 is 5.73 Å². The number of rotatable bonds is 5. The van der Waals surface area contributed by atoms with E-state index in [1.807, 2.05) is 0 Å². The van der Waals surface area contributed by atoms with Crippen LogP contribution in [0.4, 0.5) is 0 Å². The van der Waals surface area contributed by atoms with E-state index >= 15 is 0 Å². The standard InChI is InChI=1S/C16H29NS/c1-3-11(2)18-10-15(17)16-7-12-4-13(8-16)6-14(5-12)9-16/h11-15H,3-10,17H2,1-2H3. The molecule has 0 spiro atoms. The van der Waals surface area contributed by atoms with Crippen LogP contribution in [-0.2, 0) is 0 Å². The van der Waals surface area contributed by atoms with E-state index in [-0.39, 0.29) is 0 Å². The van der Waals surface area contributed by atoms with Crippen molar-refractivity contribution in [3.63, 3.8) is 0 Å². The van der Waals surface area contributed by atoms with Gasteiger partial charge in [-0.05, 0) is 68.1 Å². The smallest absolute Gasteiger partial charge is 0.0187 e. The van der Waals surface area contributed by atoms with Gasteiger partial charge in [-0.2, -0.15) is 11.8 Å². The molecule has 0 radical (unpaired) electrons. The molecule has 0 amide bonds. The molecule has 2 heteroatoms. The third-order valence-electron chi connectivity index (χ3n) is 6.01. The highest BCUT2D eigenvalue weighted by molar-refractivity contribution is 7.99. The zero-order valence-electron chi connectivity index (χ0n) is 12.0. The Morgan fingerprint density at radius 1 is 1.11 bits per heavy atom. The van der Waals surface area contributed by atoms with E-state index < -0.39 is 0 Å². The van der Waals surface area contributed by atoms with Crippen LogP contribution in [0.15, 0.2) is 0 Å². The van der Waals surface area contributed by atoms with Crippen LogP contribution < -0.4 is 5.73 Å². The number of hydrogen-bond donors (Lipinski definition) is 1. The van der Waals surface area contributed by atoms with E-state index in [4.69, 9.17) is 5.73 Å². The Morgan fingerprint density at radius 2 is 1.61 bits per heavy atom. The van der Waals surface area contributed by atoms with Crippen LogP contribution in [0.25, 0.3) is 0 Å². The average Bonchev–Trinajstić information content (AvgIpc) is 2.33. The summed E-state index contributed by atoms with van der Waals surface area (Å²) in [6.45, 7) is 4.63. The Morgan fingerprint density at radius 3 is 2.06 bits per heavy atom. The van der Waals surface area contributed by atoms with Gasteiger partial charge >= 0.3 is 0 Å². The van der Waals surface area contributed by atoms with Crippen molar-refractivity contribution in [1.29, 1.82) is 0 Å². The van der Waals surface area contributed by atoms with Crippen LogP contribution in [0.3, 0.4) is 0 Å². The summed E-state index contributed by atoms with van der Waals surface area (Å²) in [5.41, 5.74) is 7.21. The van der Waals surface area contributed by atoms with Crippen LogP contribution in [-0.4, -0.2) is 17.0 Å². The minimum Gasteiger partial charge on any atom is -0.326 e. The van der Waals surface area contributed by atoms with Gasteiger partial charge in [0, 0.05) is 17.0 Å². The summed E-state index contributed by atoms with van der Waals surface area (Å²) in [7, 11) is 0. The number of nitrogens with two attached hydrogens (primary N) is 1. The number of hydrogen-bond acceptors (Lipinski definition) is 2. The Hall–Kier alpha value is 0.310. The van der Waals surface area contributed by atoms with E-state index in [0.29, 0.717) is 11.5 Å². The minimum atomic E-state index is 0.463. The molecule has 0 aliphatic heterocycles. The predicted octanol–water partition coefficient (Wildman–Crippen LogP) is 4.06. The molecule has 4 bridgehead atoms. The zero-order chi connectivity index (χ0) is 12.8. The summed E-state index contributed by atoms with van der Waals surface area (Å²) in [5.74, 6) is 4.31. The molecule has 0 aromatic heterocycles. The lowest BCUT2D eigenvalue weighted by molar-refractivity contribution is -0.0629. The van der Waals surface area contributed by atoms with Gasteiger partial charge in [-0.15, -0.1) is 0 Å². The second-order valence-electron chi connectivity index (χ2n) is 7.44. The summed E-state index contributed by atoms with van der Waals surface area (Å²) in [6.07, 6.45) is 10.3. The van der Waals surface area contributed by atoms with Gasteiger partial charge in [-0.1, -0.05) is 13.8 Å². The van der Waals surface area contributed by atoms with E-state index in [2.05, 4.69) is 25.6 Å². The highest BCUT2D eigenvalue weighted by Gasteiger charge is 2.53. The van der Waals surface area contributed by atoms with E-state index in [1.54, 1.807) is 0 Å². The average molecular weight is 267 g/mol. The van der Waals surface area contributed by atoms with Gasteiger partial charge in [0.1, 0.15) is 0 Å². The lowest BCUT2D eigenvalue weighted by Crippen LogP contribution is -2.55. The summed E-state index contributed by atoms with van der Waals surface area (Å²) < 4.78 is 0. The van der Waals surface area contributed by atoms with Crippen molar-refractivity contribution in [2.45, 2.75) is 70.1 Å². The second kappa shape index (κ2) is 5.01. The molecular weight excluding hydrogens is 238 g/mol. The Bertz CT molecular complexity index is 266. The van der Waals surface area contributed by atoms with Gasteiger partial charge in [0.15, 0.2) is 0 Å². The first kappa shape index (κ1) is 13.3. The van der Waals surface area contributed by atoms with Crippen LogP contribution in [0.2, 0.25) is 0 Å². The molecule has 2 atom stereocenters. The normalized spacial score (nSPS) is 45.2. The summed E-state index contributed by atoms with van der Waals surface area (Å²) in [4.78, 5) is 0. The molecule has 18 heavy (non-hydrogen) atoms. The van der Waals surface area contributed by atoms with Gasteiger partial charge in [0.25, 0.3) is 0 Å². The molecule has 104 valence electrons. The molecule has 4 aliphatic carbocycles. The summed E-state index contributed by atoms with van der Waals surface area (Å²) in [5, 5.41) is 0.782. The quantitative estimate of drug-likeness (QED) is 0.813. The molecule has 2 N–H and O–H groups in total. The maximum absolute atomic E-state index is 6.65. The number of thioether (sulfide) groups is 1. The molecule has 2 unspecified atom stereocenters. The monoisotopic (exact) mass is 267 g/mol. The zero-order valence-corrected chi connectivity index (χ0v) is 12.8. The molecular formula is C16H29NS. The van der Waals surface area contributed by atoms with Gasteiger partial charge in [-0.3, -0.25) is 0 Å². The van der Waals surface area contributed by atoms with Gasteiger partial charge in [0.2, 0.25) is 0 Å². The SMILES string of the molecule is CCC(C)SCC(N)C12CC3CC(CC(C3)C1)C2. The highest BCUT2D eigenvalue weighted by atomic mass is 32.2. The third kappa shape index (κ3) is 2.35. The van der Waals surface area contributed by atoms with Crippen LogP contribution in [0, 0.1) is 23.2 Å². The third-order valence-corrected chi connectivity index (χ3v) is 7.46. The van der Waals surface area contributed by atoms with E-state index in [9.17, 15) is 0 Å². The largest absolute Gasteiger partial charge is 0.326 e. The van der Waals surface area contributed by atoms with Gasteiger partial charge in [0.05, 0.1) is 0 Å². The fraction of sp³-hybridized carbons (Fsp3) is 1.00. The molecule has 4 rings (SSSR count). The molecule has 4 saturated carbocycles. The predicted molar refractivity (Wildman–Crippen MR) is 80.8 cm³/mol. The Kier molecular flexibility index (Phi) is 3.70. The maximum Gasteiger partial charge on any atom is 0.0187 e. The topological polar surface area (TPSA) is 26.0 Å².